The summed E-state index contributed by atoms with van der Waals surface area (Å²) in [5.41, 5.74) is 2.55. The molecule has 0 saturated carbocycles. The number of Topliss-reactive ketones (excluding diaryl/α,β-unsaturated/α-hetero) is 1. The maximum atomic E-state index is 12.9. The number of anilines is 2. The SMILES string of the molecule is CN(C)CCN1CCN(C(=O)CCC(=O)c2cccc(Cl)c2)c2ccccc21. The van der Waals surface area contributed by atoms with E-state index in [0.717, 1.165) is 31.0 Å². The van der Waals surface area contributed by atoms with E-state index in [0.29, 0.717) is 17.1 Å². The van der Waals surface area contributed by atoms with Crippen molar-refractivity contribution in [3.63, 3.8) is 0 Å². The minimum atomic E-state index is -0.0613. The number of halogens is 1. The van der Waals surface area contributed by atoms with Crippen LogP contribution in [-0.2, 0) is 4.79 Å². The van der Waals surface area contributed by atoms with Crippen LogP contribution in [0.4, 0.5) is 11.4 Å². The third-order valence-corrected chi connectivity index (χ3v) is 5.17. The zero-order valence-electron chi connectivity index (χ0n) is 16.4. The number of rotatable bonds is 7. The number of fused-ring (bicyclic) bond motifs is 1. The smallest absolute Gasteiger partial charge is 0.227 e. The highest BCUT2D eigenvalue weighted by Gasteiger charge is 2.26. The first-order valence-corrected chi connectivity index (χ1v) is 9.91. The molecule has 0 N–H and O–H groups in total. The van der Waals surface area contributed by atoms with Crippen LogP contribution in [-0.4, -0.2) is 56.9 Å². The number of hydrogen-bond donors (Lipinski definition) is 0. The van der Waals surface area contributed by atoms with E-state index in [9.17, 15) is 9.59 Å². The van der Waals surface area contributed by atoms with Crippen molar-refractivity contribution in [1.29, 1.82) is 0 Å². The third-order valence-electron chi connectivity index (χ3n) is 4.94. The maximum Gasteiger partial charge on any atom is 0.227 e. The first-order chi connectivity index (χ1) is 13.5. The fraction of sp³-hybridized carbons (Fsp3) is 0.364. The molecule has 2 aromatic carbocycles. The third kappa shape index (κ3) is 4.91. The molecule has 3 rings (SSSR count). The average molecular weight is 400 g/mol. The summed E-state index contributed by atoms with van der Waals surface area (Å²) in [5.74, 6) is -0.0798. The Bertz CT molecular complexity index is 853. The van der Waals surface area contributed by atoms with Gasteiger partial charge in [-0.2, -0.15) is 0 Å². The Morgan fingerprint density at radius 1 is 1.00 bits per heavy atom. The van der Waals surface area contributed by atoms with Crippen molar-refractivity contribution in [2.24, 2.45) is 0 Å². The molecule has 1 aliphatic rings. The summed E-state index contributed by atoms with van der Waals surface area (Å²) in [4.78, 5) is 31.5. The molecule has 0 aliphatic carbocycles. The summed E-state index contributed by atoms with van der Waals surface area (Å²) < 4.78 is 0. The van der Waals surface area contributed by atoms with Gasteiger partial charge in [0, 0.05) is 49.6 Å². The molecule has 0 aromatic heterocycles. The van der Waals surface area contributed by atoms with Crippen LogP contribution < -0.4 is 9.80 Å². The minimum Gasteiger partial charge on any atom is -0.367 e. The van der Waals surface area contributed by atoms with Gasteiger partial charge < -0.3 is 14.7 Å². The van der Waals surface area contributed by atoms with Crippen molar-refractivity contribution in [2.45, 2.75) is 12.8 Å². The number of carbonyl (C=O) groups is 2. The Morgan fingerprint density at radius 3 is 2.46 bits per heavy atom. The number of para-hydroxylation sites is 2. The second-order valence-electron chi connectivity index (χ2n) is 7.26. The van der Waals surface area contributed by atoms with E-state index >= 15 is 0 Å². The summed E-state index contributed by atoms with van der Waals surface area (Å²) in [5, 5.41) is 0.528. The lowest BCUT2D eigenvalue weighted by atomic mass is 10.1. The summed E-state index contributed by atoms with van der Waals surface area (Å²) >= 11 is 5.95. The van der Waals surface area contributed by atoms with E-state index in [1.165, 1.54) is 0 Å². The lowest BCUT2D eigenvalue weighted by molar-refractivity contribution is -0.118. The van der Waals surface area contributed by atoms with Gasteiger partial charge >= 0.3 is 0 Å². The molecule has 28 heavy (non-hydrogen) atoms. The second kappa shape index (κ2) is 9.22. The van der Waals surface area contributed by atoms with Gasteiger partial charge in [-0.15, -0.1) is 0 Å². The van der Waals surface area contributed by atoms with Gasteiger partial charge in [-0.1, -0.05) is 35.9 Å². The van der Waals surface area contributed by atoms with E-state index < -0.39 is 0 Å². The quantitative estimate of drug-likeness (QED) is 0.665. The fourth-order valence-corrected chi connectivity index (χ4v) is 3.59. The Balaban J connectivity index is 1.66. The number of likely N-dealkylation sites (N-methyl/N-ethyl adjacent to an activating group) is 1. The molecule has 0 saturated heterocycles. The lowest BCUT2D eigenvalue weighted by Gasteiger charge is -2.38. The van der Waals surface area contributed by atoms with Crippen molar-refractivity contribution in [3.8, 4) is 0 Å². The van der Waals surface area contributed by atoms with Crippen molar-refractivity contribution < 1.29 is 9.59 Å². The highest BCUT2D eigenvalue weighted by molar-refractivity contribution is 6.31. The Labute approximate surface area is 171 Å². The van der Waals surface area contributed by atoms with Crippen LogP contribution >= 0.6 is 11.6 Å². The molecule has 1 aliphatic heterocycles. The van der Waals surface area contributed by atoms with Gasteiger partial charge in [-0.3, -0.25) is 9.59 Å². The molecule has 1 heterocycles. The molecule has 148 valence electrons. The second-order valence-corrected chi connectivity index (χ2v) is 7.69. The molecule has 0 unspecified atom stereocenters. The number of hydrogen-bond acceptors (Lipinski definition) is 4. The Morgan fingerprint density at radius 2 is 1.75 bits per heavy atom. The number of carbonyl (C=O) groups excluding carboxylic acids is 2. The van der Waals surface area contributed by atoms with Gasteiger partial charge in [0.15, 0.2) is 5.78 Å². The van der Waals surface area contributed by atoms with Crippen molar-refractivity contribution in [3.05, 3.63) is 59.1 Å². The zero-order chi connectivity index (χ0) is 20.1. The van der Waals surface area contributed by atoms with E-state index in [1.54, 1.807) is 24.3 Å². The van der Waals surface area contributed by atoms with E-state index in [4.69, 9.17) is 11.6 Å². The summed E-state index contributed by atoms with van der Waals surface area (Å²) in [6, 6.07) is 14.8. The van der Waals surface area contributed by atoms with E-state index in [-0.39, 0.29) is 24.5 Å². The van der Waals surface area contributed by atoms with Crippen molar-refractivity contribution >= 4 is 34.7 Å². The van der Waals surface area contributed by atoms with E-state index in [1.807, 2.05) is 23.1 Å². The van der Waals surface area contributed by atoms with Crippen molar-refractivity contribution in [2.75, 3.05) is 50.1 Å². The predicted octanol–water partition coefficient (Wildman–Crippen LogP) is 3.72. The van der Waals surface area contributed by atoms with Crippen molar-refractivity contribution in [1.82, 2.24) is 4.90 Å². The molecule has 0 bridgehead atoms. The average Bonchev–Trinajstić information content (AvgIpc) is 2.69. The van der Waals surface area contributed by atoms with Crippen LogP contribution in [0, 0.1) is 0 Å². The molecule has 6 heteroatoms. The predicted molar refractivity (Wildman–Crippen MR) is 115 cm³/mol. The van der Waals surface area contributed by atoms with Crippen LogP contribution in [0.2, 0.25) is 5.02 Å². The van der Waals surface area contributed by atoms with Crippen LogP contribution in [0.5, 0.6) is 0 Å². The Kier molecular flexibility index (Phi) is 6.70. The summed E-state index contributed by atoms with van der Waals surface area (Å²) in [6.45, 7) is 3.29. The maximum absolute atomic E-state index is 12.9. The molecule has 1 amide bonds. The fourth-order valence-electron chi connectivity index (χ4n) is 3.40. The van der Waals surface area contributed by atoms with Gasteiger partial charge in [-0.25, -0.2) is 0 Å². The van der Waals surface area contributed by atoms with Gasteiger partial charge in [0.25, 0.3) is 0 Å². The highest BCUT2D eigenvalue weighted by atomic mass is 35.5. The molecule has 0 atom stereocenters. The van der Waals surface area contributed by atoms with Crippen LogP contribution in [0.3, 0.4) is 0 Å². The topological polar surface area (TPSA) is 43.9 Å². The summed E-state index contributed by atoms with van der Waals surface area (Å²) in [6.07, 6.45) is 0.375. The lowest BCUT2D eigenvalue weighted by Crippen LogP contribution is -2.45. The minimum absolute atomic E-state index is 0.0184. The largest absolute Gasteiger partial charge is 0.367 e. The summed E-state index contributed by atoms with van der Waals surface area (Å²) in [7, 11) is 4.12. The first kappa shape index (κ1) is 20.4. The van der Waals surface area contributed by atoms with Gasteiger partial charge in [0.1, 0.15) is 0 Å². The number of nitrogens with zero attached hydrogens (tertiary/aromatic N) is 3. The highest BCUT2D eigenvalue weighted by Crippen LogP contribution is 2.33. The van der Waals surface area contributed by atoms with Crippen LogP contribution in [0.15, 0.2) is 48.5 Å². The van der Waals surface area contributed by atoms with Crippen LogP contribution in [0.1, 0.15) is 23.2 Å². The standard InChI is InChI=1S/C22H26ClN3O2/c1-24(2)12-13-25-14-15-26(20-9-4-3-8-19(20)25)22(28)11-10-21(27)17-6-5-7-18(23)16-17/h3-9,16H,10-15H2,1-2H3. The monoisotopic (exact) mass is 399 g/mol. The molecular weight excluding hydrogens is 374 g/mol. The molecule has 0 spiro atoms. The molecule has 0 radical (unpaired) electrons. The zero-order valence-corrected chi connectivity index (χ0v) is 17.2. The Hall–Kier alpha value is -2.37. The number of amides is 1. The van der Waals surface area contributed by atoms with Gasteiger partial charge in [-0.05, 0) is 38.4 Å². The van der Waals surface area contributed by atoms with Crippen LogP contribution in [0.25, 0.3) is 0 Å². The molecule has 5 nitrogen and oxygen atoms in total. The molecular formula is C22H26ClN3O2. The number of ketones is 1. The molecule has 2 aromatic rings. The first-order valence-electron chi connectivity index (χ1n) is 9.53. The molecule has 0 fully saturated rings. The number of benzene rings is 2. The van der Waals surface area contributed by atoms with Gasteiger partial charge in [0.05, 0.1) is 11.4 Å². The normalized spacial score (nSPS) is 13.6. The van der Waals surface area contributed by atoms with E-state index in [2.05, 4.69) is 30.0 Å². The van der Waals surface area contributed by atoms with Gasteiger partial charge in [0.2, 0.25) is 5.91 Å².